The van der Waals surface area contributed by atoms with Crippen molar-refractivity contribution in [1.29, 1.82) is 0 Å². The number of halogens is 1. The first-order valence-electron chi connectivity index (χ1n) is 7.59. The van der Waals surface area contributed by atoms with Gasteiger partial charge in [0.15, 0.2) is 0 Å². The zero-order valence-corrected chi connectivity index (χ0v) is 14.5. The molecule has 2 rings (SSSR count). The molecule has 2 amide bonds. The summed E-state index contributed by atoms with van der Waals surface area (Å²) in [7, 11) is 3.07. The lowest BCUT2D eigenvalue weighted by Gasteiger charge is -2.34. The fourth-order valence-electron chi connectivity index (χ4n) is 2.42. The number of ether oxygens (including phenoxy) is 3. The zero-order valence-electron chi connectivity index (χ0n) is 13.8. The molecule has 0 saturated carbocycles. The van der Waals surface area contributed by atoms with Gasteiger partial charge in [-0.05, 0) is 12.1 Å². The Balaban J connectivity index is 1.99. The molecular formula is C16H21ClN2O5. The first-order chi connectivity index (χ1) is 11.6. The van der Waals surface area contributed by atoms with E-state index in [1.54, 1.807) is 28.0 Å². The molecule has 1 aromatic rings. The Morgan fingerprint density at radius 1 is 1.00 bits per heavy atom. The van der Waals surface area contributed by atoms with Crippen LogP contribution in [0.3, 0.4) is 0 Å². The lowest BCUT2D eigenvalue weighted by molar-refractivity contribution is 0.0571. The van der Waals surface area contributed by atoms with Crippen LogP contribution < -0.4 is 9.47 Å². The number of methoxy groups -OCH3 is 2. The van der Waals surface area contributed by atoms with Crippen molar-refractivity contribution in [1.82, 2.24) is 9.80 Å². The summed E-state index contributed by atoms with van der Waals surface area (Å²) in [5.74, 6) is 1.25. The summed E-state index contributed by atoms with van der Waals surface area (Å²) in [4.78, 5) is 27.7. The van der Waals surface area contributed by atoms with E-state index in [9.17, 15) is 9.59 Å². The predicted molar refractivity (Wildman–Crippen MR) is 89.1 cm³/mol. The van der Waals surface area contributed by atoms with E-state index in [0.29, 0.717) is 43.2 Å². The summed E-state index contributed by atoms with van der Waals surface area (Å²) < 4.78 is 15.4. The number of rotatable bonds is 5. The number of alkyl halides is 1. The van der Waals surface area contributed by atoms with Crippen molar-refractivity contribution in [3.63, 3.8) is 0 Å². The highest BCUT2D eigenvalue weighted by Gasteiger charge is 2.26. The molecule has 0 aliphatic carbocycles. The number of carbonyl (C=O) groups excluding carboxylic acids is 2. The van der Waals surface area contributed by atoms with Crippen LogP contribution in [0.4, 0.5) is 4.79 Å². The fraction of sp³-hybridized carbons (Fsp3) is 0.500. The molecular weight excluding hydrogens is 336 g/mol. The van der Waals surface area contributed by atoms with Crippen LogP contribution in [-0.4, -0.2) is 74.7 Å². The second kappa shape index (κ2) is 8.63. The third kappa shape index (κ3) is 4.44. The van der Waals surface area contributed by atoms with Gasteiger partial charge in [-0.1, -0.05) is 0 Å². The van der Waals surface area contributed by atoms with E-state index in [4.69, 9.17) is 25.8 Å². The molecule has 1 saturated heterocycles. The number of amides is 2. The third-order valence-electron chi connectivity index (χ3n) is 3.73. The lowest BCUT2D eigenvalue weighted by Crippen LogP contribution is -2.50. The van der Waals surface area contributed by atoms with Crippen molar-refractivity contribution < 1.29 is 23.8 Å². The molecule has 24 heavy (non-hydrogen) atoms. The maximum Gasteiger partial charge on any atom is 0.409 e. The molecule has 0 atom stereocenters. The highest BCUT2D eigenvalue weighted by atomic mass is 35.5. The average Bonchev–Trinajstić information content (AvgIpc) is 2.65. The van der Waals surface area contributed by atoms with Crippen LogP contribution in [0, 0.1) is 0 Å². The Labute approximate surface area is 146 Å². The topological polar surface area (TPSA) is 68.3 Å². The molecule has 0 unspecified atom stereocenters. The lowest BCUT2D eigenvalue weighted by atomic mass is 10.1. The summed E-state index contributed by atoms with van der Waals surface area (Å²) in [5, 5.41) is 0. The highest BCUT2D eigenvalue weighted by Crippen LogP contribution is 2.23. The summed E-state index contributed by atoms with van der Waals surface area (Å²) in [6.07, 6.45) is -0.397. The van der Waals surface area contributed by atoms with Gasteiger partial charge in [0, 0.05) is 37.8 Å². The number of carbonyl (C=O) groups is 2. The first-order valence-corrected chi connectivity index (χ1v) is 8.12. The Kier molecular flexibility index (Phi) is 6.54. The van der Waals surface area contributed by atoms with Gasteiger partial charge in [0.05, 0.1) is 20.1 Å². The number of benzene rings is 1. The maximum atomic E-state index is 12.6. The smallest absolute Gasteiger partial charge is 0.409 e. The number of hydrogen-bond donors (Lipinski definition) is 0. The van der Waals surface area contributed by atoms with Gasteiger partial charge in [-0.25, -0.2) is 4.79 Å². The minimum atomic E-state index is -0.397. The highest BCUT2D eigenvalue weighted by molar-refractivity contribution is 6.18. The predicted octanol–water partition coefficient (Wildman–Crippen LogP) is 1.84. The summed E-state index contributed by atoms with van der Waals surface area (Å²) in [6.45, 7) is 1.91. The molecule has 1 fully saturated rings. The Bertz CT molecular complexity index is 566. The van der Waals surface area contributed by atoms with Crippen molar-refractivity contribution in [2.24, 2.45) is 0 Å². The molecule has 132 valence electrons. The molecule has 0 radical (unpaired) electrons. The fourth-order valence-corrected chi connectivity index (χ4v) is 2.50. The van der Waals surface area contributed by atoms with Gasteiger partial charge in [0.2, 0.25) is 0 Å². The third-order valence-corrected chi connectivity index (χ3v) is 3.88. The van der Waals surface area contributed by atoms with Crippen molar-refractivity contribution in [3.8, 4) is 11.5 Å². The Hall–Kier alpha value is -2.15. The van der Waals surface area contributed by atoms with Crippen LogP contribution in [0.5, 0.6) is 11.5 Å². The standard InChI is InChI=1S/C16H21ClN2O5/c1-22-13-9-12(10-14(11-13)23-2)15(20)18-4-6-19(7-5-18)16(21)24-8-3-17/h9-11H,3-8H2,1-2H3. The van der Waals surface area contributed by atoms with E-state index >= 15 is 0 Å². The van der Waals surface area contributed by atoms with Gasteiger partial charge in [-0.15, -0.1) is 11.6 Å². The van der Waals surface area contributed by atoms with Crippen molar-refractivity contribution >= 4 is 23.6 Å². The first kappa shape index (κ1) is 18.2. The van der Waals surface area contributed by atoms with Crippen molar-refractivity contribution in [3.05, 3.63) is 23.8 Å². The van der Waals surface area contributed by atoms with Crippen molar-refractivity contribution in [2.45, 2.75) is 0 Å². The van der Waals surface area contributed by atoms with Gasteiger partial charge < -0.3 is 24.0 Å². The molecule has 0 N–H and O–H groups in total. The zero-order chi connectivity index (χ0) is 17.5. The normalized spacial score (nSPS) is 14.3. The SMILES string of the molecule is COc1cc(OC)cc(C(=O)N2CCN(C(=O)OCCCl)CC2)c1. The summed E-state index contributed by atoms with van der Waals surface area (Å²) in [5.41, 5.74) is 0.490. The van der Waals surface area contributed by atoms with Crippen LogP contribution >= 0.6 is 11.6 Å². The Morgan fingerprint density at radius 3 is 2.04 bits per heavy atom. The van der Waals surface area contributed by atoms with Gasteiger partial charge in [0.1, 0.15) is 18.1 Å². The molecule has 1 aliphatic heterocycles. The molecule has 0 bridgehead atoms. The van der Waals surface area contributed by atoms with Crippen LogP contribution in [0.15, 0.2) is 18.2 Å². The molecule has 1 aromatic carbocycles. The van der Waals surface area contributed by atoms with E-state index in [1.165, 1.54) is 14.2 Å². The van der Waals surface area contributed by atoms with Gasteiger partial charge >= 0.3 is 6.09 Å². The van der Waals surface area contributed by atoms with Crippen LogP contribution in [0.2, 0.25) is 0 Å². The van der Waals surface area contributed by atoms with Gasteiger partial charge in [0.25, 0.3) is 5.91 Å². The maximum absolute atomic E-state index is 12.6. The van der Waals surface area contributed by atoms with E-state index in [-0.39, 0.29) is 18.4 Å². The van der Waals surface area contributed by atoms with E-state index in [2.05, 4.69) is 0 Å². The number of piperazine rings is 1. The molecule has 1 heterocycles. The molecule has 0 spiro atoms. The number of hydrogen-bond acceptors (Lipinski definition) is 5. The average molecular weight is 357 g/mol. The van der Waals surface area contributed by atoms with Crippen LogP contribution in [0.25, 0.3) is 0 Å². The minimum Gasteiger partial charge on any atom is -0.497 e. The Morgan fingerprint density at radius 2 is 1.54 bits per heavy atom. The van der Waals surface area contributed by atoms with Crippen LogP contribution in [-0.2, 0) is 4.74 Å². The van der Waals surface area contributed by atoms with Gasteiger partial charge in [-0.2, -0.15) is 0 Å². The second-order valence-electron chi connectivity index (χ2n) is 5.18. The van der Waals surface area contributed by atoms with E-state index in [1.807, 2.05) is 0 Å². The summed E-state index contributed by atoms with van der Waals surface area (Å²) in [6, 6.07) is 5.06. The molecule has 0 aromatic heterocycles. The van der Waals surface area contributed by atoms with Crippen LogP contribution in [0.1, 0.15) is 10.4 Å². The van der Waals surface area contributed by atoms with E-state index in [0.717, 1.165) is 0 Å². The number of nitrogens with zero attached hydrogens (tertiary/aromatic N) is 2. The molecule has 1 aliphatic rings. The quantitative estimate of drug-likeness (QED) is 0.753. The second-order valence-corrected chi connectivity index (χ2v) is 5.56. The largest absolute Gasteiger partial charge is 0.497 e. The van der Waals surface area contributed by atoms with Crippen molar-refractivity contribution in [2.75, 3.05) is 52.9 Å². The van der Waals surface area contributed by atoms with E-state index < -0.39 is 6.09 Å². The summed E-state index contributed by atoms with van der Waals surface area (Å²) >= 11 is 5.50. The molecule has 7 nitrogen and oxygen atoms in total. The molecule has 8 heteroatoms. The minimum absolute atomic E-state index is 0.124. The van der Waals surface area contributed by atoms with Gasteiger partial charge in [-0.3, -0.25) is 4.79 Å². The monoisotopic (exact) mass is 356 g/mol.